The Labute approximate surface area is 230 Å². The van der Waals surface area contributed by atoms with Crippen LogP contribution in [0.2, 0.25) is 0 Å². The number of nitrogens with one attached hydrogen (secondary N) is 2. The number of carbonyl (C=O) groups excluding carboxylic acids is 3. The summed E-state index contributed by atoms with van der Waals surface area (Å²) in [6, 6.07) is -0.916. The lowest BCUT2D eigenvalue weighted by molar-refractivity contribution is -0.151. The molecule has 1 rings (SSSR count). The van der Waals surface area contributed by atoms with Crippen LogP contribution < -0.4 is 10.6 Å². The second-order valence-electron chi connectivity index (χ2n) is 9.06. The van der Waals surface area contributed by atoms with Gasteiger partial charge in [0.15, 0.2) is 5.76 Å². The van der Waals surface area contributed by atoms with Crippen LogP contribution in [-0.4, -0.2) is 48.2 Å². The monoisotopic (exact) mass is 546 g/mol. The van der Waals surface area contributed by atoms with E-state index in [0.29, 0.717) is 29.9 Å². The van der Waals surface area contributed by atoms with Gasteiger partial charge in [-0.1, -0.05) is 67.1 Å². The summed E-state index contributed by atoms with van der Waals surface area (Å²) in [6.45, 7) is 11.0. The molecule has 0 aromatic rings. The normalized spacial score (nSPS) is 19.2. The van der Waals surface area contributed by atoms with Gasteiger partial charge in [-0.25, -0.2) is 4.79 Å². The van der Waals surface area contributed by atoms with Crippen LogP contribution in [0.3, 0.4) is 0 Å². The van der Waals surface area contributed by atoms with Crippen LogP contribution in [0.15, 0.2) is 83.3 Å². The molecule has 2 amide bonds. The topological polar surface area (TPSA) is 114 Å². The summed E-state index contributed by atoms with van der Waals surface area (Å²) in [5.74, 6) is -1.15. The lowest BCUT2D eigenvalue weighted by atomic mass is 9.97. The smallest absolute Gasteiger partial charge is 0.373 e. The van der Waals surface area contributed by atoms with Gasteiger partial charge in [-0.2, -0.15) is 0 Å². The first-order valence-corrected chi connectivity index (χ1v) is 12.7. The average molecular weight is 547 g/mol. The van der Waals surface area contributed by atoms with Crippen molar-refractivity contribution in [1.82, 2.24) is 10.6 Å². The molecule has 0 fully saturated rings. The molecule has 0 radical (unpaired) electrons. The first-order chi connectivity index (χ1) is 17.9. The largest absolute Gasteiger partial charge is 0.490 e. The summed E-state index contributed by atoms with van der Waals surface area (Å²) in [4.78, 5) is 36.6. The third-order valence-corrected chi connectivity index (χ3v) is 5.66. The number of carbonyl (C=O) groups is 3. The molecule has 0 spiro atoms. The summed E-state index contributed by atoms with van der Waals surface area (Å²) in [5, 5.41) is 15.7. The summed E-state index contributed by atoms with van der Waals surface area (Å²) in [5.41, 5.74) is 1.41. The van der Waals surface area contributed by atoms with Crippen LogP contribution >= 0.6 is 11.6 Å². The first-order valence-electron chi connectivity index (χ1n) is 12.3. The quantitative estimate of drug-likeness (QED) is 0.128. The van der Waals surface area contributed by atoms with E-state index in [-0.39, 0.29) is 17.8 Å². The molecule has 0 aliphatic carbocycles. The number of cyclic esters (lactones) is 1. The van der Waals surface area contributed by atoms with Gasteiger partial charge in [0.05, 0.1) is 13.2 Å². The van der Waals surface area contributed by atoms with Crippen molar-refractivity contribution < 1.29 is 29.0 Å². The number of esters is 1. The molecule has 3 N–H and O–H groups in total. The second-order valence-corrected chi connectivity index (χ2v) is 9.65. The molecule has 38 heavy (non-hydrogen) atoms. The summed E-state index contributed by atoms with van der Waals surface area (Å²) < 4.78 is 10.4. The predicted octanol–water partition coefficient (Wildman–Crippen LogP) is 4.50. The molecule has 1 aliphatic heterocycles. The van der Waals surface area contributed by atoms with Crippen LogP contribution in [0.5, 0.6) is 0 Å². The molecule has 4 unspecified atom stereocenters. The third-order valence-electron chi connectivity index (χ3n) is 5.51. The Morgan fingerprint density at radius 2 is 1.95 bits per heavy atom. The maximum atomic E-state index is 12.5. The summed E-state index contributed by atoms with van der Waals surface area (Å²) >= 11 is 5.74. The van der Waals surface area contributed by atoms with Crippen molar-refractivity contribution in [2.24, 2.45) is 5.92 Å². The summed E-state index contributed by atoms with van der Waals surface area (Å²) in [7, 11) is 1.43. The van der Waals surface area contributed by atoms with Gasteiger partial charge in [0, 0.05) is 23.4 Å². The van der Waals surface area contributed by atoms with Gasteiger partial charge in [0.1, 0.15) is 12.1 Å². The van der Waals surface area contributed by atoms with Crippen molar-refractivity contribution >= 4 is 29.4 Å². The highest BCUT2D eigenvalue weighted by molar-refractivity contribution is 6.29. The molecule has 0 aromatic heterocycles. The van der Waals surface area contributed by atoms with Crippen molar-refractivity contribution in [3.05, 3.63) is 83.3 Å². The predicted molar refractivity (Wildman–Crippen MR) is 150 cm³/mol. The van der Waals surface area contributed by atoms with Crippen LogP contribution in [0.4, 0.5) is 0 Å². The highest BCUT2D eigenvalue weighted by Gasteiger charge is 2.26. The number of rotatable bonds is 14. The third kappa shape index (κ3) is 12.7. The molecule has 1 heterocycles. The first kappa shape index (κ1) is 32.7. The van der Waals surface area contributed by atoms with Crippen LogP contribution in [0.1, 0.15) is 47.0 Å². The van der Waals surface area contributed by atoms with Crippen LogP contribution in [0, 0.1) is 5.92 Å². The van der Waals surface area contributed by atoms with E-state index in [2.05, 4.69) is 17.2 Å². The number of aliphatic hydroxyl groups excluding tert-OH is 1. The number of methoxy groups -OCH3 is 1. The van der Waals surface area contributed by atoms with Gasteiger partial charge < -0.3 is 25.2 Å². The zero-order valence-electron chi connectivity index (χ0n) is 22.7. The second kappa shape index (κ2) is 17.2. The zero-order valence-corrected chi connectivity index (χ0v) is 23.5. The molecule has 0 saturated heterocycles. The van der Waals surface area contributed by atoms with Gasteiger partial charge in [-0.3, -0.25) is 9.59 Å². The van der Waals surface area contributed by atoms with Crippen molar-refractivity contribution in [2.75, 3.05) is 7.11 Å². The Balaban J connectivity index is 2.57. The minimum absolute atomic E-state index is 0.00985. The van der Waals surface area contributed by atoms with E-state index in [0.717, 1.165) is 5.57 Å². The van der Waals surface area contributed by atoms with E-state index >= 15 is 0 Å². The van der Waals surface area contributed by atoms with Gasteiger partial charge >= 0.3 is 5.97 Å². The minimum Gasteiger partial charge on any atom is -0.490 e. The fourth-order valence-corrected chi connectivity index (χ4v) is 3.50. The van der Waals surface area contributed by atoms with Crippen molar-refractivity contribution in [3.63, 3.8) is 0 Å². The Morgan fingerprint density at radius 1 is 1.26 bits per heavy atom. The Hall–Kier alpha value is -3.36. The molecule has 0 bridgehead atoms. The van der Waals surface area contributed by atoms with Crippen molar-refractivity contribution in [1.29, 1.82) is 0 Å². The highest BCUT2D eigenvalue weighted by atomic mass is 35.5. The number of ether oxygens (including phenoxy) is 2. The van der Waals surface area contributed by atoms with Gasteiger partial charge in [0.25, 0.3) is 5.91 Å². The molecule has 4 atom stereocenters. The zero-order chi connectivity index (χ0) is 28.7. The Kier molecular flexibility index (Phi) is 14.8. The molecule has 0 saturated carbocycles. The lowest BCUT2D eigenvalue weighted by Crippen LogP contribution is -2.45. The van der Waals surface area contributed by atoms with Crippen LogP contribution in [0.25, 0.3) is 0 Å². The maximum absolute atomic E-state index is 12.5. The van der Waals surface area contributed by atoms with Gasteiger partial charge in [-0.15, -0.1) is 0 Å². The summed E-state index contributed by atoms with van der Waals surface area (Å²) in [6.07, 6.45) is 15.4. The SMILES string of the molecule is C=C(C)C(NC(=O)C=CC=CC(C)=CC(C)C1CC=C(OC)C(=O)O1)C(=O)NC=CCC(O)CC=C(C)Cl. The fraction of sp³-hybridized carbons (Fsp3) is 0.414. The number of hydrogen-bond donors (Lipinski definition) is 3. The van der Waals surface area contributed by atoms with E-state index in [1.807, 2.05) is 26.0 Å². The maximum Gasteiger partial charge on any atom is 0.373 e. The fourth-order valence-electron chi connectivity index (χ4n) is 3.41. The number of halogens is 1. The van der Waals surface area contributed by atoms with Gasteiger partial charge in [0.2, 0.25) is 5.91 Å². The highest BCUT2D eigenvalue weighted by Crippen LogP contribution is 2.22. The standard InChI is InChI=1S/C29H39ClN2O6/c1-19(2)27(28(35)31-17-9-11-23(33)14-13-22(5)30)32-26(34)12-8-7-10-20(3)18-21(4)24-15-16-25(37-6)29(36)38-24/h7-10,12-13,16-18,21,23-24,27,33H,1,11,14-15H2,2-6H3,(H,31,35)(H,32,34). The number of aliphatic hydroxyl groups is 1. The van der Waals surface area contributed by atoms with E-state index < -0.39 is 29.9 Å². The van der Waals surface area contributed by atoms with Crippen LogP contribution in [-0.2, 0) is 23.9 Å². The van der Waals surface area contributed by atoms with E-state index in [4.69, 9.17) is 21.1 Å². The minimum atomic E-state index is -0.916. The number of hydrogen-bond acceptors (Lipinski definition) is 6. The van der Waals surface area contributed by atoms with E-state index in [1.54, 1.807) is 44.2 Å². The Bertz CT molecular complexity index is 1030. The average Bonchev–Trinajstić information content (AvgIpc) is 2.86. The molecule has 1 aliphatic rings. The molecule has 9 heteroatoms. The molecule has 208 valence electrons. The molecule has 0 aromatic carbocycles. The van der Waals surface area contributed by atoms with Crippen molar-refractivity contribution in [2.45, 2.75) is 65.2 Å². The molecular weight excluding hydrogens is 508 g/mol. The van der Waals surface area contributed by atoms with E-state index in [9.17, 15) is 19.5 Å². The molecule has 8 nitrogen and oxygen atoms in total. The lowest BCUT2D eigenvalue weighted by Gasteiger charge is -2.25. The number of amides is 2. The molecular formula is C29H39ClN2O6. The Morgan fingerprint density at radius 3 is 2.55 bits per heavy atom. The van der Waals surface area contributed by atoms with E-state index in [1.165, 1.54) is 19.4 Å². The number of allylic oxidation sites excluding steroid dienone is 5. The van der Waals surface area contributed by atoms with Crippen molar-refractivity contribution in [3.8, 4) is 0 Å². The van der Waals surface area contributed by atoms with Gasteiger partial charge in [-0.05, 0) is 51.5 Å².